The van der Waals surface area contributed by atoms with Gasteiger partial charge >= 0.3 is 0 Å². The first-order chi connectivity index (χ1) is 9.63. The Labute approximate surface area is 115 Å². The van der Waals surface area contributed by atoms with Gasteiger partial charge in [-0.3, -0.25) is 0 Å². The second-order valence-electron chi connectivity index (χ2n) is 4.49. The van der Waals surface area contributed by atoms with E-state index in [0.717, 1.165) is 11.1 Å². The number of nitrogens with zero attached hydrogens (tertiary/aromatic N) is 2. The van der Waals surface area contributed by atoms with Crippen LogP contribution in [0.4, 0.5) is 0 Å². The molecule has 0 aliphatic carbocycles. The van der Waals surface area contributed by atoms with Gasteiger partial charge in [-0.1, -0.05) is 35.0 Å². The zero-order chi connectivity index (χ0) is 14.1. The predicted molar refractivity (Wildman–Crippen MR) is 73.2 cm³/mol. The molecule has 0 aliphatic heterocycles. The molecule has 2 aromatic carbocycles. The summed E-state index contributed by atoms with van der Waals surface area (Å²) < 4.78 is 5.15. The molecule has 3 rings (SSSR count). The maximum atomic E-state index is 9.77. The minimum atomic E-state index is -0.107. The molecule has 0 bridgehead atoms. The number of phenols is 2. The van der Waals surface area contributed by atoms with Crippen molar-refractivity contribution < 1.29 is 14.7 Å². The van der Waals surface area contributed by atoms with Gasteiger partial charge in [0.05, 0.1) is 5.56 Å². The van der Waals surface area contributed by atoms with Crippen LogP contribution in [0.5, 0.6) is 11.5 Å². The van der Waals surface area contributed by atoms with Crippen LogP contribution in [0, 0.1) is 6.92 Å². The SMILES string of the molecule is Cc1ccc(-c2noc(-c3ccc(O)cc3O)n2)cc1. The zero-order valence-corrected chi connectivity index (χ0v) is 10.7. The molecule has 5 heteroatoms. The summed E-state index contributed by atoms with van der Waals surface area (Å²) in [6.07, 6.45) is 0. The molecule has 0 atom stereocenters. The molecular weight excluding hydrogens is 256 g/mol. The van der Waals surface area contributed by atoms with Crippen molar-refractivity contribution in [1.29, 1.82) is 0 Å². The Hall–Kier alpha value is -2.82. The van der Waals surface area contributed by atoms with Gasteiger partial charge in [-0.15, -0.1) is 0 Å². The lowest BCUT2D eigenvalue weighted by Gasteiger charge is -1.99. The Morgan fingerprint density at radius 1 is 1.00 bits per heavy atom. The van der Waals surface area contributed by atoms with Crippen LogP contribution < -0.4 is 0 Å². The molecule has 20 heavy (non-hydrogen) atoms. The molecule has 100 valence electrons. The van der Waals surface area contributed by atoms with Gasteiger partial charge < -0.3 is 14.7 Å². The highest BCUT2D eigenvalue weighted by atomic mass is 16.5. The Kier molecular flexibility index (Phi) is 2.87. The molecule has 3 aromatic rings. The molecule has 0 amide bonds. The van der Waals surface area contributed by atoms with E-state index in [-0.39, 0.29) is 17.4 Å². The first kappa shape index (κ1) is 12.2. The van der Waals surface area contributed by atoms with E-state index >= 15 is 0 Å². The van der Waals surface area contributed by atoms with Crippen LogP contribution in [-0.4, -0.2) is 20.4 Å². The number of aryl methyl sites for hydroxylation is 1. The molecule has 0 saturated carbocycles. The van der Waals surface area contributed by atoms with Crippen molar-refractivity contribution in [3.63, 3.8) is 0 Å². The normalized spacial score (nSPS) is 10.7. The van der Waals surface area contributed by atoms with E-state index in [1.165, 1.54) is 18.2 Å². The first-order valence-corrected chi connectivity index (χ1v) is 6.06. The third-order valence-corrected chi connectivity index (χ3v) is 2.95. The van der Waals surface area contributed by atoms with Gasteiger partial charge in [0.1, 0.15) is 11.5 Å². The summed E-state index contributed by atoms with van der Waals surface area (Å²) in [7, 11) is 0. The zero-order valence-electron chi connectivity index (χ0n) is 10.7. The first-order valence-electron chi connectivity index (χ1n) is 6.06. The highest BCUT2D eigenvalue weighted by Gasteiger charge is 2.14. The van der Waals surface area contributed by atoms with E-state index in [1.54, 1.807) is 0 Å². The maximum Gasteiger partial charge on any atom is 0.262 e. The molecule has 1 aromatic heterocycles. The van der Waals surface area contributed by atoms with Gasteiger partial charge in [0.25, 0.3) is 5.89 Å². The largest absolute Gasteiger partial charge is 0.508 e. The van der Waals surface area contributed by atoms with Crippen LogP contribution in [0.25, 0.3) is 22.8 Å². The van der Waals surface area contributed by atoms with Crippen molar-refractivity contribution in [2.24, 2.45) is 0 Å². The smallest absolute Gasteiger partial charge is 0.262 e. The van der Waals surface area contributed by atoms with Crippen LogP contribution in [-0.2, 0) is 0 Å². The summed E-state index contributed by atoms with van der Waals surface area (Å²) in [6, 6.07) is 11.9. The maximum absolute atomic E-state index is 9.77. The molecular formula is C15H12N2O3. The lowest BCUT2D eigenvalue weighted by Crippen LogP contribution is -1.82. The lowest BCUT2D eigenvalue weighted by atomic mass is 10.1. The van der Waals surface area contributed by atoms with E-state index in [0.29, 0.717) is 11.4 Å². The van der Waals surface area contributed by atoms with Crippen molar-refractivity contribution in [3.05, 3.63) is 48.0 Å². The summed E-state index contributed by atoms with van der Waals surface area (Å²) in [5.41, 5.74) is 2.37. The molecule has 1 heterocycles. The van der Waals surface area contributed by atoms with Gasteiger partial charge in [-0.25, -0.2) is 0 Å². The lowest BCUT2D eigenvalue weighted by molar-refractivity contribution is 0.423. The van der Waals surface area contributed by atoms with Crippen molar-refractivity contribution in [3.8, 4) is 34.3 Å². The van der Waals surface area contributed by atoms with Gasteiger partial charge in [0, 0.05) is 11.6 Å². The van der Waals surface area contributed by atoms with Crippen molar-refractivity contribution >= 4 is 0 Å². The van der Waals surface area contributed by atoms with Crippen molar-refractivity contribution in [2.45, 2.75) is 6.92 Å². The highest BCUT2D eigenvalue weighted by Crippen LogP contribution is 2.31. The molecule has 5 nitrogen and oxygen atoms in total. The number of phenolic OH excluding ortho intramolecular Hbond substituents is 2. The second kappa shape index (κ2) is 4.70. The molecule has 0 saturated heterocycles. The van der Waals surface area contributed by atoms with Gasteiger partial charge in [-0.05, 0) is 19.1 Å². The second-order valence-corrected chi connectivity index (χ2v) is 4.49. The van der Waals surface area contributed by atoms with Crippen LogP contribution in [0.3, 0.4) is 0 Å². The predicted octanol–water partition coefficient (Wildman–Crippen LogP) is 3.12. The summed E-state index contributed by atoms with van der Waals surface area (Å²) >= 11 is 0. The highest BCUT2D eigenvalue weighted by molar-refractivity contribution is 5.66. The topological polar surface area (TPSA) is 79.4 Å². The third kappa shape index (κ3) is 2.21. The van der Waals surface area contributed by atoms with E-state index in [4.69, 9.17) is 4.52 Å². The number of rotatable bonds is 2. The fourth-order valence-corrected chi connectivity index (χ4v) is 1.85. The number of hydrogen-bond acceptors (Lipinski definition) is 5. The fourth-order valence-electron chi connectivity index (χ4n) is 1.85. The minimum absolute atomic E-state index is 0.0236. The molecule has 0 radical (unpaired) electrons. The van der Waals surface area contributed by atoms with Gasteiger partial charge in [0.2, 0.25) is 5.82 Å². The van der Waals surface area contributed by atoms with Gasteiger partial charge in [-0.2, -0.15) is 4.98 Å². The van der Waals surface area contributed by atoms with Gasteiger partial charge in [0.15, 0.2) is 0 Å². The van der Waals surface area contributed by atoms with Crippen LogP contribution in [0.2, 0.25) is 0 Å². The number of hydrogen-bond donors (Lipinski definition) is 2. The van der Waals surface area contributed by atoms with Crippen molar-refractivity contribution in [2.75, 3.05) is 0 Å². The average Bonchev–Trinajstić information content (AvgIpc) is 2.89. The Morgan fingerprint density at radius 3 is 2.45 bits per heavy atom. The van der Waals surface area contributed by atoms with Crippen LogP contribution >= 0.6 is 0 Å². The Balaban J connectivity index is 1.99. The quantitative estimate of drug-likeness (QED) is 0.746. The van der Waals surface area contributed by atoms with Crippen LogP contribution in [0.1, 0.15) is 5.56 Å². The number of benzene rings is 2. The number of aromatic hydroxyl groups is 2. The van der Waals surface area contributed by atoms with E-state index in [1.807, 2.05) is 31.2 Å². The van der Waals surface area contributed by atoms with Crippen LogP contribution in [0.15, 0.2) is 47.0 Å². The number of aromatic nitrogens is 2. The molecule has 0 unspecified atom stereocenters. The van der Waals surface area contributed by atoms with E-state index < -0.39 is 0 Å². The summed E-state index contributed by atoms with van der Waals surface area (Å²) in [5.74, 6) is 0.527. The summed E-state index contributed by atoms with van der Waals surface area (Å²) in [4.78, 5) is 4.25. The Morgan fingerprint density at radius 2 is 1.75 bits per heavy atom. The molecule has 0 aliphatic rings. The molecule has 0 fully saturated rings. The third-order valence-electron chi connectivity index (χ3n) is 2.95. The summed E-state index contributed by atoms with van der Waals surface area (Å²) in [6.45, 7) is 2.00. The fraction of sp³-hybridized carbons (Fsp3) is 0.0667. The molecule has 2 N–H and O–H groups in total. The van der Waals surface area contributed by atoms with Crippen molar-refractivity contribution in [1.82, 2.24) is 10.1 Å². The van der Waals surface area contributed by atoms with E-state index in [2.05, 4.69) is 10.1 Å². The minimum Gasteiger partial charge on any atom is -0.508 e. The summed E-state index contributed by atoms with van der Waals surface area (Å²) in [5, 5.41) is 22.9. The van der Waals surface area contributed by atoms with E-state index in [9.17, 15) is 10.2 Å². The molecule has 0 spiro atoms. The Bertz CT molecular complexity index is 748. The standard InChI is InChI=1S/C15H12N2O3/c1-9-2-4-10(5-3-9)14-16-15(20-17-14)12-7-6-11(18)8-13(12)19/h2-8,18-19H,1H3. The monoisotopic (exact) mass is 268 g/mol. The average molecular weight is 268 g/mol.